The Kier molecular flexibility index (Phi) is 6.10. The summed E-state index contributed by atoms with van der Waals surface area (Å²) in [7, 11) is -3.60. The molecule has 1 rings (SSSR count). The highest BCUT2D eigenvalue weighted by Gasteiger charge is 2.26. The van der Waals surface area contributed by atoms with E-state index in [2.05, 4.69) is 4.72 Å². The van der Waals surface area contributed by atoms with Crippen LogP contribution >= 0.6 is 24.0 Å². The van der Waals surface area contributed by atoms with Gasteiger partial charge in [-0.1, -0.05) is 17.7 Å². The van der Waals surface area contributed by atoms with Crippen LogP contribution in [0.1, 0.15) is 19.4 Å². The van der Waals surface area contributed by atoms with E-state index in [-0.39, 0.29) is 23.8 Å². The summed E-state index contributed by atoms with van der Waals surface area (Å²) in [6.45, 7) is 5.34. The summed E-state index contributed by atoms with van der Waals surface area (Å²) in [5, 5.41) is 0.429. The van der Waals surface area contributed by atoms with Gasteiger partial charge < -0.3 is 5.73 Å². The molecule has 7 heteroatoms. The van der Waals surface area contributed by atoms with Crippen molar-refractivity contribution in [3.05, 3.63) is 28.8 Å². The van der Waals surface area contributed by atoms with Crippen LogP contribution in [-0.2, 0) is 10.0 Å². The van der Waals surface area contributed by atoms with Gasteiger partial charge in [-0.2, -0.15) is 0 Å². The van der Waals surface area contributed by atoms with E-state index in [0.717, 1.165) is 0 Å². The van der Waals surface area contributed by atoms with Crippen LogP contribution in [0.25, 0.3) is 0 Å². The van der Waals surface area contributed by atoms with Crippen LogP contribution in [0.2, 0.25) is 5.02 Å². The Morgan fingerprint density at radius 2 is 1.94 bits per heavy atom. The molecule has 0 saturated heterocycles. The molecule has 3 N–H and O–H groups in total. The van der Waals surface area contributed by atoms with Gasteiger partial charge in [0.15, 0.2) is 0 Å². The van der Waals surface area contributed by atoms with Crippen molar-refractivity contribution in [1.82, 2.24) is 4.72 Å². The molecular weight excluding hydrogens is 295 g/mol. The zero-order chi connectivity index (χ0) is 13.3. The molecule has 18 heavy (non-hydrogen) atoms. The largest absolute Gasteiger partial charge is 0.329 e. The van der Waals surface area contributed by atoms with Crippen LogP contribution < -0.4 is 10.5 Å². The molecule has 0 atom stereocenters. The number of nitrogens with two attached hydrogens (primary N) is 1. The van der Waals surface area contributed by atoms with Crippen molar-refractivity contribution >= 4 is 34.0 Å². The highest BCUT2D eigenvalue weighted by atomic mass is 35.5. The lowest BCUT2D eigenvalue weighted by atomic mass is 10.1. The molecule has 4 nitrogen and oxygen atoms in total. The van der Waals surface area contributed by atoms with Crippen molar-refractivity contribution in [2.24, 2.45) is 5.73 Å². The predicted octanol–water partition coefficient (Wildman–Crippen LogP) is 2.09. The van der Waals surface area contributed by atoms with Gasteiger partial charge in [0.05, 0.1) is 4.90 Å². The number of hydrogen-bond donors (Lipinski definition) is 2. The molecule has 0 aliphatic carbocycles. The van der Waals surface area contributed by atoms with Crippen LogP contribution in [0.5, 0.6) is 0 Å². The zero-order valence-corrected chi connectivity index (χ0v) is 12.9. The van der Waals surface area contributed by atoms with Gasteiger partial charge in [0.25, 0.3) is 0 Å². The molecule has 0 heterocycles. The molecule has 0 bridgehead atoms. The maximum absolute atomic E-state index is 12.2. The first kappa shape index (κ1) is 17.7. The minimum Gasteiger partial charge on any atom is -0.329 e. The molecule has 0 aromatic heterocycles. The molecule has 1 aromatic carbocycles. The fourth-order valence-corrected chi connectivity index (χ4v) is 3.26. The molecule has 0 radical (unpaired) electrons. The molecule has 1 aromatic rings. The van der Waals surface area contributed by atoms with E-state index in [1.807, 2.05) is 0 Å². The summed E-state index contributed by atoms with van der Waals surface area (Å²) in [5.41, 5.74) is 5.36. The average molecular weight is 313 g/mol. The topological polar surface area (TPSA) is 72.2 Å². The first-order valence-electron chi connectivity index (χ1n) is 5.19. The van der Waals surface area contributed by atoms with Gasteiger partial charge in [0.1, 0.15) is 0 Å². The third-order valence-electron chi connectivity index (χ3n) is 2.43. The van der Waals surface area contributed by atoms with Crippen LogP contribution in [0.4, 0.5) is 0 Å². The Labute approximate surface area is 119 Å². The van der Waals surface area contributed by atoms with E-state index in [4.69, 9.17) is 17.3 Å². The summed E-state index contributed by atoms with van der Waals surface area (Å²) >= 11 is 5.91. The number of benzene rings is 1. The first-order chi connectivity index (χ1) is 7.69. The number of nitrogens with one attached hydrogen (secondary N) is 1. The molecule has 0 saturated carbocycles. The quantitative estimate of drug-likeness (QED) is 0.894. The summed E-state index contributed by atoms with van der Waals surface area (Å²) in [6.07, 6.45) is 0. The van der Waals surface area contributed by atoms with Crippen molar-refractivity contribution < 1.29 is 8.42 Å². The van der Waals surface area contributed by atoms with E-state index in [1.54, 1.807) is 32.9 Å². The summed E-state index contributed by atoms with van der Waals surface area (Å²) in [5.74, 6) is 0. The third kappa shape index (κ3) is 4.10. The summed E-state index contributed by atoms with van der Waals surface area (Å²) < 4.78 is 26.9. The Balaban J connectivity index is 0.00000289. The van der Waals surface area contributed by atoms with E-state index in [0.29, 0.717) is 10.6 Å². The van der Waals surface area contributed by atoms with Gasteiger partial charge in [-0.15, -0.1) is 12.4 Å². The van der Waals surface area contributed by atoms with E-state index < -0.39 is 15.6 Å². The highest BCUT2D eigenvalue weighted by molar-refractivity contribution is 7.89. The fourth-order valence-electron chi connectivity index (χ4n) is 1.34. The molecule has 104 valence electrons. The van der Waals surface area contributed by atoms with Crippen LogP contribution in [0.3, 0.4) is 0 Å². The normalized spacial score (nSPS) is 12.1. The average Bonchev–Trinajstić information content (AvgIpc) is 2.20. The van der Waals surface area contributed by atoms with E-state index in [9.17, 15) is 8.42 Å². The Bertz CT molecular complexity index is 516. The predicted molar refractivity (Wildman–Crippen MR) is 76.9 cm³/mol. The van der Waals surface area contributed by atoms with Crippen LogP contribution in [0, 0.1) is 6.92 Å². The fraction of sp³-hybridized carbons (Fsp3) is 0.455. The van der Waals surface area contributed by atoms with Crippen LogP contribution in [0.15, 0.2) is 23.1 Å². The maximum Gasteiger partial charge on any atom is 0.241 e. The van der Waals surface area contributed by atoms with Gasteiger partial charge in [0.2, 0.25) is 10.0 Å². The molecule has 0 spiro atoms. The highest BCUT2D eigenvalue weighted by Crippen LogP contribution is 2.23. The molecular formula is C11H18Cl2N2O2S. The van der Waals surface area contributed by atoms with Crippen molar-refractivity contribution in [1.29, 1.82) is 0 Å². The smallest absolute Gasteiger partial charge is 0.241 e. The van der Waals surface area contributed by atoms with E-state index >= 15 is 0 Å². The maximum atomic E-state index is 12.2. The monoisotopic (exact) mass is 312 g/mol. The second-order valence-corrected chi connectivity index (χ2v) is 6.61. The zero-order valence-electron chi connectivity index (χ0n) is 10.5. The van der Waals surface area contributed by atoms with Crippen molar-refractivity contribution in [2.75, 3.05) is 6.54 Å². The number of rotatable bonds is 4. The van der Waals surface area contributed by atoms with Crippen molar-refractivity contribution in [3.8, 4) is 0 Å². The van der Waals surface area contributed by atoms with Gasteiger partial charge in [0, 0.05) is 17.1 Å². The van der Waals surface area contributed by atoms with Gasteiger partial charge in [-0.3, -0.25) is 0 Å². The number of sulfonamides is 1. The lowest BCUT2D eigenvalue weighted by molar-refractivity contribution is 0.462. The van der Waals surface area contributed by atoms with Gasteiger partial charge in [-0.25, -0.2) is 13.1 Å². The SMILES string of the molecule is Cc1c(Cl)cccc1S(=O)(=O)NC(C)(C)CN.Cl. The van der Waals surface area contributed by atoms with E-state index in [1.165, 1.54) is 6.07 Å². The molecule has 0 aliphatic rings. The molecule has 0 unspecified atom stereocenters. The first-order valence-corrected chi connectivity index (χ1v) is 7.05. The number of hydrogen-bond acceptors (Lipinski definition) is 3. The van der Waals surface area contributed by atoms with Crippen LogP contribution in [-0.4, -0.2) is 20.5 Å². The standard InChI is InChI=1S/C11H17ClN2O2S.ClH/c1-8-9(12)5-4-6-10(8)17(15,16)14-11(2,3)7-13;/h4-6,14H,7,13H2,1-3H3;1H. The van der Waals surface area contributed by atoms with Gasteiger partial charge >= 0.3 is 0 Å². The Morgan fingerprint density at radius 3 is 2.44 bits per heavy atom. The Morgan fingerprint density at radius 1 is 1.39 bits per heavy atom. The van der Waals surface area contributed by atoms with Crippen molar-refractivity contribution in [2.45, 2.75) is 31.2 Å². The third-order valence-corrected chi connectivity index (χ3v) is 4.68. The minimum absolute atomic E-state index is 0. The molecule has 0 amide bonds. The second kappa shape index (κ2) is 6.21. The summed E-state index contributed by atoms with van der Waals surface area (Å²) in [4.78, 5) is 0.187. The summed E-state index contributed by atoms with van der Waals surface area (Å²) in [6, 6.07) is 4.79. The minimum atomic E-state index is -3.60. The van der Waals surface area contributed by atoms with Crippen molar-refractivity contribution in [3.63, 3.8) is 0 Å². The lowest BCUT2D eigenvalue weighted by Gasteiger charge is -2.24. The lowest BCUT2D eigenvalue weighted by Crippen LogP contribution is -2.48. The molecule has 0 fully saturated rings. The second-order valence-electron chi connectivity index (χ2n) is 4.56. The number of halogens is 2. The molecule has 0 aliphatic heterocycles. The van der Waals surface area contributed by atoms with Gasteiger partial charge in [-0.05, 0) is 38.5 Å². The Hall–Kier alpha value is -0.330.